The minimum atomic E-state index is -5.29. The van der Waals surface area contributed by atoms with Crippen LogP contribution in [0, 0.1) is 0 Å². The molecular formula is C19H14F6O2. The van der Waals surface area contributed by atoms with Gasteiger partial charge in [-0.05, 0) is 29.7 Å². The number of hydrogen-bond donors (Lipinski definition) is 0. The topological polar surface area (TPSA) is 26.3 Å². The number of carbonyl (C=O) groups is 1. The monoisotopic (exact) mass is 388 g/mol. The minimum Gasteiger partial charge on any atom is -0.463 e. The molecule has 0 bridgehead atoms. The SMILES string of the molecule is CCOC(=O)/C=C\c1ccc(-c2ccccc2)c(C(F)(F)F)c1C(F)(F)F. The zero-order valence-electron chi connectivity index (χ0n) is 14.0. The molecule has 144 valence electrons. The zero-order valence-corrected chi connectivity index (χ0v) is 14.0. The quantitative estimate of drug-likeness (QED) is 0.367. The van der Waals surface area contributed by atoms with Crippen molar-refractivity contribution in [3.05, 3.63) is 65.2 Å². The average molecular weight is 388 g/mol. The van der Waals surface area contributed by atoms with Crippen LogP contribution in [0.1, 0.15) is 23.6 Å². The van der Waals surface area contributed by atoms with Gasteiger partial charge < -0.3 is 4.74 Å². The number of ether oxygens (including phenoxy) is 1. The van der Waals surface area contributed by atoms with Crippen LogP contribution in [0.4, 0.5) is 26.3 Å². The van der Waals surface area contributed by atoms with E-state index in [0.717, 1.165) is 12.1 Å². The van der Waals surface area contributed by atoms with Gasteiger partial charge in [0.1, 0.15) is 0 Å². The molecule has 27 heavy (non-hydrogen) atoms. The van der Waals surface area contributed by atoms with Crippen molar-refractivity contribution in [1.82, 2.24) is 0 Å². The number of benzene rings is 2. The van der Waals surface area contributed by atoms with E-state index in [4.69, 9.17) is 0 Å². The van der Waals surface area contributed by atoms with E-state index < -0.39 is 40.6 Å². The standard InChI is InChI=1S/C19H14F6O2/c1-2-27-15(26)11-9-13-8-10-14(12-6-4-3-5-7-12)17(19(23,24)25)16(13)18(20,21)22/h3-11H,2H2,1H3/b11-9-. The summed E-state index contributed by atoms with van der Waals surface area (Å²) in [4.78, 5) is 11.3. The number of carbonyl (C=O) groups excluding carboxylic acids is 1. The van der Waals surface area contributed by atoms with Crippen LogP contribution in [-0.4, -0.2) is 12.6 Å². The van der Waals surface area contributed by atoms with Gasteiger partial charge in [-0.2, -0.15) is 26.3 Å². The van der Waals surface area contributed by atoms with Crippen LogP contribution in [0.5, 0.6) is 0 Å². The van der Waals surface area contributed by atoms with Crippen molar-refractivity contribution in [2.45, 2.75) is 19.3 Å². The Kier molecular flexibility index (Phi) is 5.98. The van der Waals surface area contributed by atoms with Crippen molar-refractivity contribution in [1.29, 1.82) is 0 Å². The van der Waals surface area contributed by atoms with Crippen LogP contribution >= 0.6 is 0 Å². The summed E-state index contributed by atoms with van der Waals surface area (Å²) in [7, 11) is 0. The van der Waals surface area contributed by atoms with E-state index in [1.807, 2.05) is 0 Å². The Hall–Kier alpha value is -2.77. The summed E-state index contributed by atoms with van der Waals surface area (Å²) in [6.07, 6.45) is -9.21. The van der Waals surface area contributed by atoms with Gasteiger partial charge in [-0.3, -0.25) is 0 Å². The van der Waals surface area contributed by atoms with E-state index in [-0.39, 0.29) is 12.2 Å². The lowest BCUT2D eigenvalue weighted by Gasteiger charge is -2.21. The van der Waals surface area contributed by atoms with Gasteiger partial charge >= 0.3 is 18.3 Å². The van der Waals surface area contributed by atoms with E-state index in [9.17, 15) is 31.1 Å². The van der Waals surface area contributed by atoms with Crippen LogP contribution in [-0.2, 0) is 21.9 Å². The smallest absolute Gasteiger partial charge is 0.417 e. The molecule has 0 N–H and O–H groups in total. The highest BCUT2D eigenvalue weighted by atomic mass is 19.4. The highest BCUT2D eigenvalue weighted by Crippen LogP contribution is 2.46. The second-order valence-corrected chi connectivity index (χ2v) is 5.40. The molecule has 0 heterocycles. The molecule has 2 nitrogen and oxygen atoms in total. The lowest BCUT2D eigenvalue weighted by molar-refractivity contribution is -0.161. The second kappa shape index (κ2) is 7.85. The van der Waals surface area contributed by atoms with Gasteiger partial charge in [-0.25, -0.2) is 4.79 Å². The highest BCUT2D eigenvalue weighted by Gasteiger charge is 2.46. The summed E-state index contributed by atoms with van der Waals surface area (Å²) in [5.74, 6) is -0.952. The Balaban J connectivity index is 2.77. The van der Waals surface area contributed by atoms with Gasteiger partial charge in [0.25, 0.3) is 0 Å². The molecular weight excluding hydrogens is 374 g/mol. The maximum atomic E-state index is 13.6. The first-order valence-corrected chi connectivity index (χ1v) is 7.77. The number of rotatable bonds is 4. The van der Waals surface area contributed by atoms with Crippen molar-refractivity contribution in [3.8, 4) is 11.1 Å². The fraction of sp³-hybridized carbons (Fsp3) is 0.211. The van der Waals surface area contributed by atoms with Crippen molar-refractivity contribution >= 4 is 12.0 Å². The third-order valence-corrected chi connectivity index (χ3v) is 3.57. The van der Waals surface area contributed by atoms with Gasteiger partial charge in [0.05, 0.1) is 17.7 Å². The molecule has 8 heteroatoms. The van der Waals surface area contributed by atoms with Gasteiger partial charge in [-0.15, -0.1) is 0 Å². The van der Waals surface area contributed by atoms with Crippen LogP contribution in [0.3, 0.4) is 0 Å². The Labute approximate surface area is 151 Å². The van der Waals surface area contributed by atoms with E-state index in [2.05, 4.69) is 4.74 Å². The Morgan fingerprint density at radius 3 is 2.04 bits per heavy atom. The van der Waals surface area contributed by atoms with Crippen molar-refractivity contribution in [2.75, 3.05) is 6.61 Å². The molecule has 2 aromatic carbocycles. The minimum absolute atomic E-state index is 0.00347. The first-order chi connectivity index (χ1) is 12.6. The fourth-order valence-electron chi connectivity index (χ4n) is 2.56. The summed E-state index contributed by atoms with van der Waals surface area (Å²) < 4.78 is 86.0. The molecule has 0 atom stereocenters. The van der Waals surface area contributed by atoms with Gasteiger partial charge in [0.2, 0.25) is 0 Å². The maximum absolute atomic E-state index is 13.6. The molecule has 0 aliphatic heterocycles. The predicted octanol–water partition coefficient (Wildman–Crippen LogP) is 5.97. The molecule has 0 amide bonds. The third-order valence-electron chi connectivity index (χ3n) is 3.57. The molecule has 0 aliphatic rings. The average Bonchev–Trinajstić information content (AvgIpc) is 2.58. The normalized spacial score (nSPS) is 12.4. The summed E-state index contributed by atoms with van der Waals surface area (Å²) in [6, 6.07) is 8.83. The first-order valence-electron chi connectivity index (χ1n) is 7.77. The zero-order chi connectivity index (χ0) is 20.2. The van der Waals surface area contributed by atoms with Crippen LogP contribution < -0.4 is 0 Å². The molecule has 0 saturated heterocycles. The fourth-order valence-corrected chi connectivity index (χ4v) is 2.56. The van der Waals surface area contributed by atoms with E-state index >= 15 is 0 Å². The van der Waals surface area contributed by atoms with Crippen molar-refractivity contribution in [2.24, 2.45) is 0 Å². The Bertz CT molecular complexity index is 836. The van der Waals surface area contributed by atoms with Crippen LogP contribution in [0.15, 0.2) is 48.5 Å². The first kappa shape index (κ1) is 20.5. The maximum Gasteiger partial charge on any atom is 0.417 e. The number of alkyl halides is 6. The molecule has 0 fully saturated rings. The van der Waals surface area contributed by atoms with Crippen molar-refractivity contribution in [3.63, 3.8) is 0 Å². The summed E-state index contributed by atoms with van der Waals surface area (Å²) in [5, 5.41) is 0. The van der Waals surface area contributed by atoms with E-state index in [1.54, 1.807) is 0 Å². The molecule has 0 radical (unpaired) electrons. The predicted molar refractivity (Wildman–Crippen MR) is 87.5 cm³/mol. The lowest BCUT2D eigenvalue weighted by atomic mass is 9.91. The largest absolute Gasteiger partial charge is 0.463 e. The molecule has 0 aromatic heterocycles. The van der Waals surface area contributed by atoms with E-state index in [1.165, 1.54) is 37.3 Å². The Morgan fingerprint density at radius 1 is 0.926 bits per heavy atom. The summed E-state index contributed by atoms with van der Waals surface area (Å²) in [6.45, 7) is 1.47. The Morgan fingerprint density at radius 2 is 1.52 bits per heavy atom. The third kappa shape index (κ3) is 4.90. The van der Waals surface area contributed by atoms with E-state index in [0.29, 0.717) is 12.2 Å². The van der Waals surface area contributed by atoms with Crippen LogP contribution in [0.2, 0.25) is 0 Å². The van der Waals surface area contributed by atoms with Gasteiger partial charge in [0, 0.05) is 6.08 Å². The number of hydrogen-bond acceptors (Lipinski definition) is 2. The molecule has 0 spiro atoms. The number of halogens is 6. The van der Waals surface area contributed by atoms with Crippen molar-refractivity contribution < 1.29 is 35.9 Å². The highest BCUT2D eigenvalue weighted by molar-refractivity contribution is 5.88. The molecule has 0 unspecified atom stereocenters. The van der Waals surface area contributed by atoms with Crippen LogP contribution in [0.25, 0.3) is 17.2 Å². The second-order valence-electron chi connectivity index (χ2n) is 5.40. The summed E-state index contributed by atoms with van der Waals surface area (Å²) >= 11 is 0. The van der Waals surface area contributed by atoms with Gasteiger partial charge in [-0.1, -0.05) is 42.5 Å². The molecule has 0 aliphatic carbocycles. The summed E-state index contributed by atoms with van der Waals surface area (Å²) in [5.41, 5.74) is -5.02. The number of esters is 1. The lowest BCUT2D eigenvalue weighted by Crippen LogP contribution is -2.19. The molecule has 2 aromatic rings. The van der Waals surface area contributed by atoms with Gasteiger partial charge in [0.15, 0.2) is 0 Å². The molecule has 0 saturated carbocycles. The molecule has 2 rings (SSSR count).